The fourth-order valence-corrected chi connectivity index (χ4v) is 1.72. The molecule has 0 aliphatic carbocycles. The maximum atomic E-state index is 12.1. The average molecular weight is 286 g/mol. The van der Waals surface area contributed by atoms with Gasteiger partial charge in [-0.05, 0) is 13.3 Å². The molecule has 7 heteroatoms. The average Bonchev–Trinajstić information content (AvgIpc) is 2.46. The van der Waals surface area contributed by atoms with Crippen molar-refractivity contribution in [3.63, 3.8) is 0 Å². The molecule has 110 valence electrons. The van der Waals surface area contributed by atoms with Gasteiger partial charge < -0.3 is 10.2 Å². The number of hydrogen-bond acceptors (Lipinski definition) is 6. The Morgan fingerprint density at radius 1 is 1.24 bits per heavy atom. The fraction of sp³-hybridized carbons (Fsp3) is 0.357. The van der Waals surface area contributed by atoms with E-state index in [9.17, 15) is 4.79 Å². The zero-order valence-corrected chi connectivity index (χ0v) is 12.6. The van der Waals surface area contributed by atoms with Crippen molar-refractivity contribution in [1.29, 1.82) is 0 Å². The summed E-state index contributed by atoms with van der Waals surface area (Å²) in [6.45, 7) is 3.79. The molecule has 0 aliphatic heterocycles. The number of anilines is 2. The highest BCUT2D eigenvalue weighted by Crippen LogP contribution is 2.10. The highest BCUT2D eigenvalue weighted by molar-refractivity contribution is 6.02. The number of nitrogens with zero attached hydrogens (tertiary/aromatic N) is 5. The van der Waals surface area contributed by atoms with Crippen LogP contribution in [0.1, 0.15) is 28.9 Å². The van der Waals surface area contributed by atoms with E-state index in [-0.39, 0.29) is 11.6 Å². The van der Waals surface area contributed by atoms with Crippen LogP contribution in [0.2, 0.25) is 0 Å². The van der Waals surface area contributed by atoms with Crippen molar-refractivity contribution >= 4 is 17.5 Å². The molecule has 0 saturated heterocycles. The number of nitrogens with one attached hydrogen (secondary N) is 1. The van der Waals surface area contributed by atoms with Crippen LogP contribution < -0.4 is 10.2 Å². The van der Waals surface area contributed by atoms with Crippen LogP contribution in [0.25, 0.3) is 0 Å². The molecule has 0 spiro atoms. The van der Waals surface area contributed by atoms with Gasteiger partial charge in [-0.2, -0.15) is 0 Å². The summed E-state index contributed by atoms with van der Waals surface area (Å²) in [6.07, 6.45) is 3.78. The Morgan fingerprint density at radius 3 is 2.57 bits per heavy atom. The number of amides is 1. The second-order valence-corrected chi connectivity index (χ2v) is 4.75. The lowest BCUT2D eigenvalue weighted by atomic mass is 10.3. The molecule has 1 N–H and O–H groups in total. The summed E-state index contributed by atoms with van der Waals surface area (Å²) < 4.78 is 0. The molecule has 7 nitrogen and oxygen atoms in total. The van der Waals surface area contributed by atoms with E-state index in [0.29, 0.717) is 17.5 Å². The molecule has 2 heterocycles. The molecule has 0 bridgehead atoms. The number of aryl methyl sites for hydroxylation is 2. The van der Waals surface area contributed by atoms with Gasteiger partial charge in [-0.3, -0.25) is 4.79 Å². The lowest BCUT2D eigenvalue weighted by Crippen LogP contribution is -2.17. The van der Waals surface area contributed by atoms with Crippen LogP contribution >= 0.6 is 0 Å². The summed E-state index contributed by atoms with van der Waals surface area (Å²) in [5.74, 6) is 1.45. The second kappa shape index (κ2) is 6.25. The Kier molecular flexibility index (Phi) is 4.42. The van der Waals surface area contributed by atoms with Gasteiger partial charge in [-0.15, -0.1) is 0 Å². The first-order chi connectivity index (χ1) is 9.99. The van der Waals surface area contributed by atoms with Crippen molar-refractivity contribution < 1.29 is 4.79 Å². The van der Waals surface area contributed by atoms with Gasteiger partial charge in [0.1, 0.15) is 23.2 Å². The summed E-state index contributed by atoms with van der Waals surface area (Å²) in [5, 5.41) is 2.72. The molecule has 0 aromatic carbocycles. The predicted molar refractivity (Wildman–Crippen MR) is 80.5 cm³/mol. The monoisotopic (exact) mass is 286 g/mol. The zero-order valence-electron chi connectivity index (χ0n) is 12.6. The first kappa shape index (κ1) is 14.8. The predicted octanol–water partition coefficient (Wildman–Crippen LogP) is 1.46. The first-order valence-electron chi connectivity index (χ1n) is 6.65. The number of aromatic nitrogens is 4. The van der Waals surface area contributed by atoms with Gasteiger partial charge in [0.2, 0.25) is 0 Å². The van der Waals surface area contributed by atoms with E-state index in [4.69, 9.17) is 0 Å². The summed E-state index contributed by atoms with van der Waals surface area (Å²) >= 11 is 0. The SMILES string of the molecule is CCc1cc(NC(=O)c2cnc(N(C)C)cn2)nc(C)n1. The highest BCUT2D eigenvalue weighted by atomic mass is 16.1. The van der Waals surface area contributed by atoms with Crippen molar-refractivity contribution in [2.45, 2.75) is 20.3 Å². The molecular formula is C14H18N6O. The van der Waals surface area contributed by atoms with Crippen molar-refractivity contribution in [3.05, 3.63) is 35.7 Å². The number of rotatable bonds is 4. The maximum Gasteiger partial charge on any atom is 0.277 e. The van der Waals surface area contributed by atoms with Crippen LogP contribution in [0.5, 0.6) is 0 Å². The summed E-state index contributed by atoms with van der Waals surface area (Å²) in [6, 6.07) is 1.76. The minimum Gasteiger partial charge on any atom is -0.361 e. The lowest BCUT2D eigenvalue weighted by molar-refractivity contribution is 0.102. The van der Waals surface area contributed by atoms with Gasteiger partial charge in [0.15, 0.2) is 0 Å². The van der Waals surface area contributed by atoms with E-state index in [1.54, 1.807) is 19.2 Å². The normalized spacial score (nSPS) is 10.3. The second-order valence-electron chi connectivity index (χ2n) is 4.75. The van der Waals surface area contributed by atoms with Gasteiger partial charge in [0.05, 0.1) is 12.4 Å². The molecule has 0 aliphatic rings. The van der Waals surface area contributed by atoms with Crippen LogP contribution in [0.3, 0.4) is 0 Å². The third-order valence-corrected chi connectivity index (χ3v) is 2.82. The Hall–Kier alpha value is -2.57. The molecular weight excluding hydrogens is 268 g/mol. The summed E-state index contributed by atoms with van der Waals surface area (Å²) in [4.78, 5) is 30.7. The van der Waals surface area contributed by atoms with Crippen LogP contribution in [0.4, 0.5) is 11.6 Å². The molecule has 0 saturated carbocycles. The molecule has 2 aromatic heterocycles. The van der Waals surface area contributed by atoms with Crippen LogP contribution in [-0.4, -0.2) is 39.9 Å². The Morgan fingerprint density at radius 2 is 2.00 bits per heavy atom. The number of carbonyl (C=O) groups is 1. The van der Waals surface area contributed by atoms with Crippen LogP contribution in [0.15, 0.2) is 18.5 Å². The van der Waals surface area contributed by atoms with E-state index < -0.39 is 0 Å². The number of hydrogen-bond donors (Lipinski definition) is 1. The lowest BCUT2D eigenvalue weighted by Gasteiger charge is -2.10. The quantitative estimate of drug-likeness (QED) is 0.916. The molecule has 0 radical (unpaired) electrons. The minimum atomic E-state index is -0.340. The Balaban J connectivity index is 2.15. The third kappa shape index (κ3) is 3.71. The molecule has 2 aromatic rings. The number of carbonyl (C=O) groups excluding carboxylic acids is 1. The van der Waals surface area contributed by atoms with Crippen molar-refractivity contribution in [2.24, 2.45) is 0 Å². The summed E-state index contributed by atoms with van der Waals surface area (Å²) in [5.41, 5.74) is 1.13. The van der Waals surface area contributed by atoms with Crippen LogP contribution in [0, 0.1) is 6.92 Å². The van der Waals surface area contributed by atoms with Gasteiger partial charge in [0.25, 0.3) is 5.91 Å². The van der Waals surface area contributed by atoms with Crippen molar-refractivity contribution in [2.75, 3.05) is 24.3 Å². The topological polar surface area (TPSA) is 83.9 Å². The van der Waals surface area contributed by atoms with Crippen molar-refractivity contribution in [3.8, 4) is 0 Å². The third-order valence-electron chi connectivity index (χ3n) is 2.82. The van der Waals surface area contributed by atoms with Crippen molar-refractivity contribution in [1.82, 2.24) is 19.9 Å². The van der Waals surface area contributed by atoms with E-state index in [0.717, 1.165) is 12.1 Å². The molecule has 1 amide bonds. The smallest absolute Gasteiger partial charge is 0.277 e. The van der Waals surface area contributed by atoms with Crippen LogP contribution in [-0.2, 0) is 6.42 Å². The van der Waals surface area contributed by atoms with Gasteiger partial charge in [-0.25, -0.2) is 19.9 Å². The maximum absolute atomic E-state index is 12.1. The Labute approximate surface area is 123 Å². The van der Waals surface area contributed by atoms with E-state index in [2.05, 4.69) is 25.3 Å². The van der Waals surface area contributed by atoms with Gasteiger partial charge in [0, 0.05) is 25.9 Å². The van der Waals surface area contributed by atoms with Gasteiger partial charge in [-0.1, -0.05) is 6.92 Å². The standard InChI is InChI=1S/C14H18N6O/c1-5-10-6-12(18-9(2)17-10)19-14(21)11-7-16-13(8-15-11)20(3)4/h6-8H,5H2,1-4H3,(H,17,18,19,21). The van der Waals surface area contributed by atoms with Gasteiger partial charge >= 0.3 is 0 Å². The molecule has 0 atom stereocenters. The summed E-state index contributed by atoms with van der Waals surface area (Å²) in [7, 11) is 3.72. The zero-order chi connectivity index (χ0) is 15.4. The molecule has 2 rings (SSSR count). The van der Waals surface area contributed by atoms with E-state index >= 15 is 0 Å². The fourth-order valence-electron chi connectivity index (χ4n) is 1.72. The van der Waals surface area contributed by atoms with E-state index in [1.807, 2.05) is 25.9 Å². The minimum absolute atomic E-state index is 0.245. The molecule has 0 fully saturated rings. The van der Waals surface area contributed by atoms with E-state index in [1.165, 1.54) is 6.20 Å². The highest BCUT2D eigenvalue weighted by Gasteiger charge is 2.11. The largest absolute Gasteiger partial charge is 0.361 e. The Bertz CT molecular complexity index is 638. The molecule has 0 unspecified atom stereocenters. The molecule has 21 heavy (non-hydrogen) atoms. The first-order valence-corrected chi connectivity index (χ1v) is 6.65.